The molecule has 0 unspecified atom stereocenters. The molecule has 1 aromatic heterocycles. The maximum absolute atomic E-state index is 11.8. The molecule has 2 N–H and O–H groups in total. The van der Waals surface area contributed by atoms with E-state index in [0.717, 1.165) is 48.8 Å². The number of furan rings is 1. The van der Waals surface area contributed by atoms with Gasteiger partial charge in [-0.25, -0.2) is 0 Å². The second kappa shape index (κ2) is 9.22. The number of nitrogens with one attached hydrogen (secondary N) is 2. The normalized spacial score (nSPS) is 14.1. The van der Waals surface area contributed by atoms with Crippen molar-refractivity contribution in [2.45, 2.75) is 44.9 Å². The molecule has 0 fully saturated rings. The highest BCUT2D eigenvalue weighted by molar-refractivity contribution is 6.35. The SMILES string of the molecule is O=C(NCCCc1cc2ccccc2o1)C(=O)NCCC1=CCCCC1. The molecule has 26 heavy (non-hydrogen) atoms. The minimum Gasteiger partial charge on any atom is -0.461 e. The molecule has 1 aliphatic carbocycles. The highest BCUT2D eigenvalue weighted by Crippen LogP contribution is 2.20. The maximum atomic E-state index is 11.8. The molecule has 1 heterocycles. The van der Waals surface area contributed by atoms with Gasteiger partial charge in [-0.1, -0.05) is 29.8 Å². The summed E-state index contributed by atoms with van der Waals surface area (Å²) in [5.74, 6) is -0.219. The van der Waals surface area contributed by atoms with Crippen LogP contribution in [0.1, 0.15) is 44.3 Å². The fraction of sp³-hybridized carbons (Fsp3) is 0.429. The van der Waals surface area contributed by atoms with E-state index in [9.17, 15) is 9.59 Å². The molecule has 0 bridgehead atoms. The van der Waals surface area contributed by atoms with Crippen LogP contribution in [-0.4, -0.2) is 24.9 Å². The zero-order chi connectivity index (χ0) is 18.2. The fourth-order valence-corrected chi connectivity index (χ4v) is 3.25. The van der Waals surface area contributed by atoms with Crippen LogP contribution in [0.2, 0.25) is 0 Å². The average molecular weight is 354 g/mol. The van der Waals surface area contributed by atoms with Crippen molar-refractivity contribution in [3.63, 3.8) is 0 Å². The van der Waals surface area contributed by atoms with Gasteiger partial charge in [0.25, 0.3) is 0 Å². The highest BCUT2D eigenvalue weighted by Gasteiger charge is 2.13. The van der Waals surface area contributed by atoms with E-state index in [2.05, 4.69) is 16.7 Å². The Balaban J connectivity index is 1.31. The number of hydrogen-bond donors (Lipinski definition) is 2. The van der Waals surface area contributed by atoms with E-state index < -0.39 is 11.8 Å². The molecule has 1 aromatic carbocycles. The van der Waals surface area contributed by atoms with Crippen molar-refractivity contribution in [1.29, 1.82) is 0 Å². The van der Waals surface area contributed by atoms with E-state index in [0.29, 0.717) is 13.1 Å². The van der Waals surface area contributed by atoms with Crippen LogP contribution in [0, 0.1) is 0 Å². The summed E-state index contributed by atoms with van der Waals surface area (Å²) in [7, 11) is 0. The van der Waals surface area contributed by atoms with E-state index in [4.69, 9.17) is 4.42 Å². The summed E-state index contributed by atoms with van der Waals surface area (Å²) in [6.45, 7) is 0.978. The average Bonchev–Trinajstić information content (AvgIpc) is 3.08. The van der Waals surface area contributed by atoms with Gasteiger partial charge in [0.15, 0.2) is 0 Å². The van der Waals surface area contributed by atoms with E-state index in [-0.39, 0.29) is 0 Å². The van der Waals surface area contributed by atoms with Gasteiger partial charge in [-0.15, -0.1) is 0 Å². The lowest BCUT2D eigenvalue weighted by Crippen LogP contribution is -2.40. The van der Waals surface area contributed by atoms with Crippen molar-refractivity contribution < 1.29 is 14.0 Å². The van der Waals surface area contributed by atoms with Crippen LogP contribution in [-0.2, 0) is 16.0 Å². The van der Waals surface area contributed by atoms with E-state index in [1.54, 1.807) is 0 Å². The smallest absolute Gasteiger partial charge is 0.309 e. The first-order chi connectivity index (χ1) is 12.7. The summed E-state index contributed by atoms with van der Waals surface area (Å²) in [4.78, 5) is 23.6. The van der Waals surface area contributed by atoms with E-state index >= 15 is 0 Å². The third kappa shape index (κ3) is 5.22. The van der Waals surface area contributed by atoms with Gasteiger partial charge in [0, 0.05) is 24.9 Å². The fourth-order valence-electron chi connectivity index (χ4n) is 3.25. The first-order valence-corrected chi connectivity index (χ1v) is 9.44. The third-order valence-electron chi connectivity index (χ3n) is 4.68. The lowest BCUT2D eigenvalue weighted by Gasteiger charge is -2.12. The number of rotatable bonds is 7. The molecule has 0 atom stereocenters. The Morgan fingerprint density at radius 3 is 2.58 bits per heavy atom. The summed E-state index contributed by atoms with van der Waals surface area (Å²) in [5, 5.41) is 6.45. The molecule has 0 saturated carbocycles. The number of carbonyl (C=O) groups is 2. The minimum atomic E-state index is -0.563. The number of benzene rings is 1. The van der Waals surface area contributed by atoms with Gasteiger partial charge >= 0.3 is 11.8 Å². The quantitative estimate of drug-likeness (QED) is 0.454. The highest BCUT2D eigenvalue weighted by atomic mass is 16.3. The van der Waals surface area contributed by atoms with Crippen molar-refractivity contribution in [2.24, 2.45) is 0 Å². The Bertz CT molecular complexity index is 758. The van der Waals surface area contributed by atoms with Crippen LogP contribution in [0.5, 0.6) is 0 Å². The van der Waals surface area contributed by atoms with Crippen molar-refractivity contribution in [1.82, 2.24) is 10.6 Å². The van der Waals surface area contributed by atoms with Crippen molar-refractivity contribution >= 4 is 22.8 Å². The Kier molecular flexibility index (Phi) is 6.47. The number of amides is 2. The standard InChI is InChI=1S/C21H26N2O3/c24-20(21(25)23-14-12-16-7-2-1-3-8-16)22-13-6-10-18-15-17-9-4-5-11-19(17)26-18/h4-5,7,9,11,15H,1-3,6,8,10,12-14H2,(H,22,24)(H,23,25). The summed E-state index contributed by atoms with van der Waals surface area (Å²) >= 11 is 0. The Morgan fingerprint density at radius 1 is 1.00 bits per heavy atom. The molecule has 1 aliphatic rings. The summed E-state index contributed by atoms with van der Waals surface area (Å²) in [5.41, 5.74) is 2.27. The predicted molar refractivity (Wildman–Crippen MR) is 102 cm³/mol. The minimum absolute atomic E-state index is 0.453. The van der Waals surface area contributed by atoms with Crippen molar-refractivity contribution in [2.75, 3.05) is 13.1 Å². The predicted octanol–water partition coefficient (Wildman–Crippen LogP) is 3.49. The van der Waals surface area contributed by atoms with Crippen LogP contribution >= 0.6 is 0 Å². The Morgan fingerprint density at radius 2 is 1.81 bits per heavy atom. The second-order valence-electron chi connectivity index (χ2n) is 6.72. The van der Waals surface area contributed by atoms with Crippen molar-refractivity contribution in [3.8, 4) is 0 Å². The molecule has 138 valence electrons. The monoisotopic (exact) mass is 354 g/mol. The molecule has 0 spiro atoms. The van der Waals surface area contributed by atoms with Gasteiger partial charge < -0.3 is 15.1 Å². The van der Waals surface area contributed by atoms with Gasteiger partial charge in [0.05, 0.1) is 0 Å². The first kappa shape index (κ1) is 18.2. The van der Waals surface area contributed by atoms with Crippen molar-refractivity contribution in [3.05, 3.63) is 47.7 Å². The van der Waals surface area contributed by atoms with Gasteiger partial charge in [0.2, 0.25) is 0 Å². The Hall–Kier alpha value is -2.56. The first-order valence-electron chi connectivity index (χ1n) is 9.44. The summed E-state index contributed by atoms with van der Waals surface area (Å²) < 4.78 is 5.74. The lowest BCUT2D eigenvalue weighted by molar-refractivity contribution is -0.139. The molecule has 0 aliphatic heterocycles. The van der Waals surface area contributed by atoms with Gasteiger partial charge in [-0.2, -0.15) is 0 Å². The maximum Gasteiger partial charge on any atom is 0.309 e. The summed E-state index contributed by atoms with van der Waals surface area (Å²) in [6.07, 6.45) is 9.28. The van der Waals surface area contributed by atoms with Gasteiger partial charge in [-0.3, -0.25) is 9.59 Å². The molecule has 2 aromatic rings. The molecule has 0 radical (unpaired) electrons. The van der Waals surface area contributed by atoms with E-state index in [1.807, 2.05) is 30.3 Å². The van der Waals surface area contributed by atoms with Crippen LogP contribution in [0.4, 0.5) is 0 Å². The van der Waals surface area contributed by atoms with Crippen LogP contribution in [0.3, 0.4) is 0 Å². The van der Waals surface area contributed by atoms with Crippen LogP contribution in [0.15, 0.2) is 46.4 Å². The van der Waals surface area contributed by atoms with Crippen LogP contribution < -0.4 is 10.6 Å². The molecule has 2 amide bonds. The third-order valence-corrected chi connectivity index (χ3v) is 4.68. The molecule has 5 heteroatoms. The number of aryl methyl sites for hydroxylation is 1. The largest absolute Gasteiger partial charge is 0.461 e. The zero-order valence-electron chi connectivity index (χ0n) is 15.1. The molecular weight excluding hydrogens is 328 g/mol. The number of carbonyl (C=O) groups excluding carboxylic acids is 2. The number of hydrogen-bond acceptors (Lipinski definition) is 3. The molecular formula is C21H26N2O3. The number of allylic oxidation sites excluding steroid dienone is 1. The zero-order valence-corrected chi connectivity index (χ0v) is 15.1. The molecule has 5 nitrogen and oxygen atoms in total. The van der Waals surface area contributed by atoms with E-state index in [1.165, 1.54) is 18.4 Å². The lowest BCUT2D eigenvalue weighted by atomic mass is 9.97. The van der Waals surface area contributed by atoms with Gasteiger partial charge in [0.1, 0.15) is 11.3 Å². The van der Waals surface area contributed by atoms with Gasteiger partial charge in [-0.05, 0) is 50.7 Å². The number of fused-ring (bicyclic) bond motifs is 1. The molecule has 3 rings (SSSR count). The second-order valence-corrected chi connectivity index (χ2v) is 6.72. The Labute approximate surface area is 153 Å². The topological polar surface area (TPSA) is 71.3 Å². The number of para-hydroxylation sites is 1. The van der Waals surface area contributed by atoms with Crippen LogP contribution in [0.25, 0.3) is 11.0 Å². The molecule has 0 saturated heterocycles. The summed E-state index contributed by atoms with van der Waals surface area (Å²) in [6, 6.07) is 9.89.